The topological polar surface area (TPSA) is 58.1 Å². The summed E-state index contributed by atoms with van der Waals surface area (Å²) in [5, 5.41) is 11.4. The highest BCUT2D eigenvalue weighted by atomic mass is 16.2. The van der Waals surface area contributed by atoms with Gasteiger partial charge in [-0.25, -0.2) is 0 Å². The molecule has 130 valence electrons. The molecule has 2 heterocycles. The first-order chi connectivity index (χ1) is 12.2. The van der Waals surface area contributed by atoms with E-state index >= 15 is 0 Å². The Kier molecular flexibility index (Phi) is 4.38. The molecule has 1 aliphatic heterocycles. The van der Waals surface area contributed by atoms with E-state index in [-0.39, 0.29) is 5.92 Å². The second kappa shape index (κ2) is 6.82. The molecule has 0 spiro atoms. The fourth-order valence-electron chi connectivity index (χ4n) is 3.80. The zero-order valence-corrected chi connectivity index (χ0v) is 14.6. The summed E-state index contributed by atoms with van der Waals surface area (Å²) in [6, 6.07) is 12.8. The van der Waals surface area contributed by atoms with Crippen molar-refractivity contribution in [1.29, 1.82) is 0 Å². The molecule has 5 nitrogen and oxygen atoms in total. The maximum atomic E-state index is 12.8. The van der Waals surface area contributed by atoms with Crippen LogP contribution in [0.25, 0.3) is 0 Å². The maximum absolute atomic E-state index is 12.8. The predicted molar refractivity (Wildman–Crippen MR) is 97.3 cm³/mol. The molecule has 1 aromatic carbocycles. The van der Waals surface area contributed by atoms with Gasteiger partial charge in [0.1, 0.15) is 5.82 Å². The van der Waals surface area contributed by atoms with E-state index in [1.165, 1.54) is 11.1 Å². The molecule has 1 aliphatic carbocycles. The first-order valence-electron chi connectivity index (χ1n) is 9.10. The van der Waals surface area contributed by atoms with E-state index in [4.69, 9.17) is 0 Å². The quantitative estimate of drug-likeness (QED) is 0.932. The van der Waals surface area contributed by atoms with Crippen LogP contribution in [0.3, 0.4) is 0 Å². The van der Waals surface area contributed by atoms with Gasteiger partial charge in [-0.05, 0) is 49.8 Å². The molecule has 2 fully saturated rings. The van der Waals surface area contributed by atoms with Crippen molar-refractivity contribution in [2.24, 2.45) is 5.92 Å². The van der Waals surface area contributed by atoms with Crippen LogP contribution in [-0.4, -0.2) is 40.1 Å². The minimum absolute atomic E-state index is 0.186. The zero-order valence-electron chi connectivity index (χ0n) is 14.6. The van der Waals surface area contributed by atoms with E-state index in [0.717, 1.165) is 38.2 Å². The van der Waals surface area contributed by atoms with Crippen LogP contribution in [0.2, 0.25) is 0 Å². The van der Waals surface area contributed by atoms with Crippen molar-refractivity contribution in [2.75, 3.05) is 18.4 Å². The lowest BCUT2D eigenvalue weighted by molar-refractivity contribution is -0.133. The normalized spacial score (nSPS) is 23.3. The molecular formula is C20H24N4O. The Morgan fingerprint density at radius 2 is 2.04 bits per heavy atom. The molecule has 1 N–H and O–H groups in total. The van der Waals surface area contributed by atoms with Crippen LogP contribution >= 0.6 is 0 Å². The second-order valence-corrected chi connectivity index (χ2v) is 7.22. The minimum atomic E-state index is 0.186. The number of amides is 1. The van der Waals surface area contributed by atoms with E-state index in [0.29, 0.717) is 17.9 Å². The third-order valence-corrected chi connectivity index (χ3v) is 5.31. The van der Waals surface area contributed by atoms with E-state index in [1.54, 1.807) is 6.20 Å². The summed E-state index contributed by atoms with van der Waals surface area (Å²) in [7, 11) is 0. The summed E-state index contributed by atoms with van der Waals surface area (Å²) in [4.78, 5) is 14.8. The van der Waals surface area contributed by atoms with Gasteiger partial charge in [-0.1, -0.05) is 29.8 Å². The Labute approximate surface area is 148 Å². The lowest BCUT2D eigenvalue weighted by Gasteiger charge is -2.32. The van der Waals surface area contributed by atoms with Crippen molar-refractivity contribution in [3.8, 4) is 0 Å². The molecule has 0 bridgehead atoms. The highest BCUT2D eigenvalue weighted by molar-refractivity contribution is 5.83. The number of benzene rings is 1. The number of anilines is 1. The molecule has 25 heavy (non-hydrogen) atoms. The summed E-state index contributed by atoms with van der Waals surface area (Å²) in [6.07, 6.45) is 4.60. The summed E-state index contributed by atoms with van der Waals surface area (Å²) in [6.45, 7) is 3.76. The largest absolute Gasteiger partial charge is 0.366 e. The van der Waals surface area contributed by atoms with Crippen molar-refractivity contribution in [3.63, 3.8) is 0 Å². The molecule has 5 heteroatoms. The lowest BCUT2D eigenvalue weighted by atomic mass is 10.0. The highest BCUT2D eigenvalue weighted by Gasteiger charge is 2.46. The molecule has 1 saturated carbocycles. The lowest BCUT2D eigenvalue weighted by Crippen LogP contribution is -2.43. The monoisotopic (exact) mass is 336 g/mol. The van der Waals surface area contributed by atoms with E-state index in [9.17, 15) is 4.79 Å². The van der Waals surface area contributed by atoms with Crippen LogP contribution in [0.5, 0.6) is 0 Å². The van der Waals surface area contributed by atoms with Gasteiger partial charge in [-0.3, -0.25) is 4.79 Å². The third-order valence-electron chi connectivity index (χ3n) is 5.31. The number of hydrogen-bond donors (Lipinski definition) is 1. The van der Waals surface area contributed by atoms with Crippen LogP contribution in [-0.2, 0) is 4.79 Å². The number of aryl methyl sites for hydroxylation is 1. The van der Waals surface area contributed by atoms with Crippen LogP contribution in [0.4, 0.5) is 5.82 Å². The second-order valence-electron chi connectivity index (χ2n) is 7.22. The van der Waals surface area contributed by atoms with Gasteiger partial charge >= 0.3 is 0 Å². The minimum Gasteiger partial charge on any atom is -0.366 e. The molecule has 0 radical (unpaired) electrons. The number of rotatable bonds is 4. The van der Waals surface area contributed by atoms with Gasteiger partial charge in [0.2, 0.25) is 5.91 Å². The smallest absolute Gasteiger partial charge is 0.226 e. The Balaban J connectivity index is 1.29. The Hall–Kier alpha value is -2.43. The van der Waals surface area contributed by atoms with Gasteiger partial charge in [0, 0.05) is 31.2 Å². The van der Waals surface area contributed by atoms with Gasteiger partial charge in [-0.2, -0.15) is 5.10 Å². The van der Waals surface area contributed by atoms with E-state index < -0.39 is 0 Å². The number of piperidine rings is 1. The predicted octanol–water partition coefficient (Wildman–Crippen LogP) is 2.99. The summed E-state index contributed by atoms with van der Waals surface area (Å²) >= 11 is 0. The highest BCUT2D eigenvalue weighted by Crippen LogP contribution is 2.48. The Morgan fingerprint density at radius 3 is 2.76 bits per heavy atom. The van der Waals surface area contributed by atoms with Gasteiger partial charge in [0.15, 0.2) is 0 Å². The van der Waals surface area contributed by atoms with Crippen molar-refractivity contribution in [3.05, 3.63) is 53.7 Å². The first-order valence-corrected chi connectivity index (χ1v) is 9.10. The van der Waals surface area contributed by atoms with Crippen LogP contribution in [0.15, 0.2) is 42.6 Å². The van der Waals surface area contributed by atoms with E-state index in [1.807, 2.05) is 12.1 Å². The van der Waals surface area contributed by atoms with E-state index in [2.05, 4.69) is 51.6 Å². The van der Waals surface area contributed by atoms with Crippen molar-refractivity contribution < 1.29 is 4.79 Å². The molecule has 1 saturated heterocycles. The van der Waals surface area contributed by atoms with Crippen molar-refractivity contribution in [1.82, 2.24) is 15.1 Å². The maximum Gasteiger partial charge on any atom is 0.226 e. The molecule has 1 aromatic heterocycles. The number of hydrogen-bond acceptors (Lipinski definition) is 4. The number of nitrogens with zero attached hydrogens (tertiary/aromatic N) is 3. The average Bonchev–Trinajstić information content (AvgIpc) is 3.43. The number of likely N-dealkylation sites (tertiary alicyclic amines) is 1. The number of carbonyl (C=O) groups is 1. The summed E-state index contributed by atoms with van der Waals surface area (Å²) in [5.74, 6) is 1.76. The molecule has 4 rings (SSSR count). The number of carbonyl (C=O) groups excluding carboxylic acids is 1. The number of aromatic nitrogens is 2. The molecule has 2 atom stereocenters. The first kappa shape index (κ1) is 16.1. The molecule has 2 aliphatic rings. The molecule has 2 unspecified atom stereocenters. The van der Waals surface area contributed by atoms with Gasteiger partial charge in [0.25, 0.3) is 0 Å². The standard InChI is InChI=1S/C20H24N4O/c1-14-4-2-5-15(12-14)17-13-18(17)20(25)24-10-7-16(8-11-24)22-19-6-3-9-21-23-19/h2-6,9,12,16-18H,7-8,10-11,13H2,1H3,(H,22,23). The Morgan fingerprint density at radius 1 is 1.20 bits per heavy atom. The van der Waals surface area contributed by atoms with Gasteiger partial charge in [0.05, 0.1) is 0 Å². The molecule has 2 aromatic rings. The van der Waals surface area contributed by atoms with Crippen LogP contribution in [0.1, 0.15) is 36.3 Å². The SMILES string of the molecule is Cc1cccc(C2CC2C(=O)N2CCC(Nc3cccnn3)CC2)c1. The van der Waals surface area contributed by atoms with Crippen molar-refractivity contribution >= 4 is 11.7 Å². The molecular weight excluding hydrogens is 312 g/mol. The van der Waals surface area contributed by atoms with Crippen LogP contribution < -0.4 is 5.32 Å². The van der Waals surface area contributed by atoms with Crippen LogP contribution in [0, 0.1) is 12.8 Å². The average molecular weight is 336 g/mol. The number of nitrogens with one attached hydrogen (secondary N) is 1. The van der Waals surface area contributed by atoms with Crippen molar-refractivity contribution in [2.45, 2.75) is 38.1 Å². The van der Waals surface area contributed by atoms with Gasteiger partial charge in [-0.15, -0.1) is 5.10 Å². The fourth-order valence-corrected chi connectivity index (χ4v) is 3.80. The zero-order chi connectivity index (χ0) is 17.2. The summed E-state index contributed by atoms with van der Waals surface area (Å²) in [5.41, 5.74) is 2.59. The fraction of sp³-hybridized carbons (Fsp3) is 0.450. The Bertz CT molecular complexity index is 740. The third kappa shape index (κ3) is 3.65. The van der Waals surface area contributed by atoms with Gasteiger partial charge < -0.3 is 10.2 Å². The molecule has 1 amide bonds. The summed E-state index contributed by atoms with van der Waals surface area (Å²) < 4.78 is 0.